The lowest BCUT2D eigenvalue weighted by Gasteiger charge is -2.24. The molecular formula is C17H17NO5. The fourth-order valence-electron chi connectivity index (χ4n) is 2.87. The van der Waals surface area contributed by atoms with E-state index in [1.54, 1.807) is 39.3 Å². The molecule has 6 nitrogen and oxygen atoms in total. The lowest BCUT2D eigenvalue weighted by atomic mass is 9.87. The van der Waals surface area contributed by atoms with Crippen LogP contribution in [0.1, 0.15) is 29.2 Å². The van der Waals surface area contributed by atoms with Gasteiger partial charge in [-0.15, -0.1) is 0 Å². The molecule has 1 N–H and O–H groups in total. The van der Waals surface area contributed by atoms with Crippen LogP contribution in [0.3, 0.4) is 0 Å². The number of rotatable bonds is 3. The summed E-state index contributed by atoms with van der Waals surface area (Å²) in [6, 6.07) is 7.04. The predicted molar refractivity (Wildman–Crippen MR) is 83.4 cm³/mol. The van der Waals surface area contributed by atoms with Crippen molar-refractivity contribution in [2.24, 2.45) is 0 Å². The molecule has 6 heteroatoms. The maximum Gasteiger partial charge on any atom is 0.312 e. The van der Waals surface area contributed by atoms with Crippen molar-refractivity contribution in [2.45, 2.75) is 19.3 Å². The number of aromatic amines is 1. The molecular weight excluding hydrogens is 298 g/mol. The molecule has 120 valence electrons. The number of methoxy groups -OCH3 is 2. The Morgan fingerprint density at radius 3 is 2.57 bits per heavy atom. The van der Waals surface area contributed by atoms with Crippen molar-refractivity contribution >= 4 is 5.97 Å². The summed E-state index contributed by atoms with van der Waals surface area (Å²) in [6.45, 7) is 1.75. The SMILES string of the molecule is COc1ccc([C@@H]2CC(=O)Oc3cc(C)[nH]c(=O)c32)cc1OC. The molecule has 1 aromatic heterocycles. The van der Waals surface area contributed by atoms with Crippen molar-refractivity contribution in [1.82, 2.24) is 4.98 Å². The maximum absolute atomic E-state index is 12.3. The molecule has 0 amide bonds. The Hall–Kier alpha value is -2.76. The normalized spacial score (nSPS) is 16.5. The first-order chi connectivity index (χ1) is 11.0. The highest BCUT2D eigenvalue weighted by Crippen LogP contribution is 2.39. The molecule has 0 bridgehead atoms. The number of aryl methyl sites for hydroxylation is 1. The molecule has 1 aromatic carbocycles. The van der Waals surface area contributed by atoms with Crippen LogP contribution in [-0.4, -0.2) is 25.2 Å². The van der Waals surface area contributed by atoms with Gasteiger partial charge in [0.15, 0.2) is 11.5 Å². The standard InChI is InChI=1S/C17H17NO5/c1-9-6-14-16(17(20)18-9)11(8-15(19)23-14)10-4-5-12(21-2)13(7-10)22-3/h4-7,11H,8H2,1-3H3,(H,18,20)/t11-/m0/s1. The van der Waals surface area contributed by atoms with E-state index < -0.39 is 0 Å². The second-order valence-corrected chi connectivity index (χ2v) is 5.40. The van der Waals surface area contributed by atoms with E-state index >= 15 is 0 Å². The summed E-state index contributed by atoms with van der Waals surface area (Å²) >= 11 is 0. The van der Waals surface area contributed by atoms with Crippen LogP contribution in [0.15, 0.2) is 29.1 Å². The van der Waals surface area contributed by atoms with Gasteiger partial charge in [0.1, 0.15) is 5.75 Å². The number of fused-ring (bicyclic) bond motifs is 1. The van der Waals surface area contributed by atoms with Crippen LogP contribution in [-0.2, 0) is 4.79 Å². The zero-order chi connectivity index (χ0) is 16.6. The summed E-state index contributed by atoms with van der Waals surface area (Å²) in [7, 11) is 3.10. The van der Waals surface area contributed by atoms with Crippen LogP contribution < -0.4 is 19.8 Å². The highest BCUT2D eigenvalue weighted by Gasteiger charge is 2.31. The van der Waals surface area contributed by atoms with Gasteiger partial charge >= 0.3 is 5.97 Å². The van der Waals surface area contributed by atoms with Crippen molar-refractivity contribution in [2.75, 3.05) is 14.2 Å². The molecule has 23 heavy (non-hydrogen) atoms. The van der Waals surface area contributed by atoms with Gasteiger partial charge in [-0.3, -0.25) is 9.59 Å². The Labute approximate surface area is 133 Å². The highest BCUT2D eigenvalue weighted by molar-refractivity contribution is 5.77. The average molecular weight is 315 g/mol. The van der Waals surface area contributed by atoms with Crippen LogP contribution in [0.2, 0.25) is 0 Å². The van der Waals surface area contributed by atoms with Crippen LogP contribution in [0.25, 0.3) is 0 Å². The van der Waals surface area contributed by atoms with Crippen molar-refractivity contribution < 1.29 is 19.0 Å². The molecule has 0 spiro atoms. The van der Waals surface area contributed by atoms with E-state index in [1.807, 2.05) is 6.07 Å². The number of ether oxygens (including phenoxy) is 3. The monoisotopic (exact) mass is 315 g/mol. The first-order valence-corrected chi connectivity index (χ1v) is 7.20. The minimum atomic E-state index is -0.379. The molecule has 3 rings (SSSR count). The number of aromatic nitrogens is 1. The summed E-state index contributed by atoms with van der Waals surface area (Å²) in [5.41, 5.74) is 1.67. The third-order valence-electron chi connectivity index (χ3n) is 3.92. The van der Waals surface area contributed by atoms with Crippen LogP contribution in [0, 0.1) is 6.92 Å². The Kier molecular flexibility index (Phi) is 3.82. The Morgan fingerprint density at radius 2 is 1.87 bits per heavy atom. The van der Waals surface area contributed by atoms with E-state index in [4.69, 9.17) is 14.2 Å². The number of benzene rings is 1. The molecule has 0 saturated carbocycles. The van der Waals surface area contributed by atoms with Gasteiger partial charge in [0.2, 0.25) is 0 Å². The van der Waals surface area contributed by atoms with Gasteiger partial charge in [-0.25, -0.2) is 0 Å². The molecule has 1 atom stereocenters. The topological polar surface area (TPSA) is 77.6 Å². The van der Waals surface area contributed by atoms with Crippen LogP contribution >= 0.6 is 0 Å². The number of H-pyrrole nitrogens is 1. The predicted octanol–water partition coefficient (Wildman–Crippen LogP) is 2.14. The van der Waals surface area contributed by atoms with E-state index in [0.717, 1.165) is 5.56 Å². The lowest BCUT2D eigenvalue weighted by Crippen LogP contribution is -2.28. The zero-order valence-corrected chi connectivity index (χ0v) is 13.1. The molecule has 0 fully saturated rings. The van der Waals surface area contributed by atoms with Gasteiger partial charge in [-0.2, -0.15) is 0 Å². The number of esters is 1. The second kappa shape index (κ2) is 5.79. The Morgan fingerprint density at radius 1 is 1.13 bits per heavy atom. The number of carbonyl (C=O) groups is 1. The summed E-state index contributed by atoms with van der Waals surface area (Å²) < 4.78 is 15.8. The average Bonchev–Trinajstić information content (AvgIpc) is 2.52. The summed E-state index contributed by atoms with van der Waals surface area (Å²) in [4.78, 5) is 27.0. The van der Waals surface area contributed by atoms with Crippen molar-refractivity contribution in [3.05, 3.63) is 51.4 Å². The lowest BCUT2D eigenvalue weighted by molar-refractivity contribution is -0.135. The van der Waals surface area contributed by atoms with Crippen molar-refractivity contribution in [3.8, 4) is 17.2 Å². The van der Waals surface area contributed by atoms with Gasteiger partial charge in [0.25, 0.3) is 5.56 Å². The molecule has 0 unspecified atom stereocenters. The van der Waals surface area contributed by atoms with Crippen LogP contribution in [0.5, 0.6) is 17.2 Å². The van der Waals surface area contributed by atoms with Crippen LogP contribution in [0.4, 0.5) is 0 Å². The van der Waals surface area contributed by atoms with Gasteiger partial charge in [-0.05, 0) is 24.6 Å². The zero-order valence-electron chi connectivity index (χ0n) is 13.1. The molecule has 0 aliphatic carbocycles. The first-order valence-electron chi connectivity index (χ1n) is 7.20. The molecule has 1 aliphatic heterocycles. The van der Waals surface area contributed by atoms with E-state index in [9.17, 15) is 9.59 Å². The minimum absolute atomic E-state index is 0.106. The Balaban J connectivity index is 2.15. The summed E-state index contributed by atoms with van der Waals surface area (Å²) in [6.07, 6.45) is 0.106. The molecule has 0 radical (unpaired) electrons. The highest BCUT2D eigenvalue weighted by atomic mass is 16.5. The quantitative estimate of drug-likeness (QED) is 0.878. The van der Waals surface area contributed by atoms with E-state index in [2.05, 4.69) is 4.98 Å². The smallest absolute Gasteiger partial charge is 0.312 e. The summed E-state index contributed by atoms with van der Waals surface area (Å²) in [5, 5.41) is 0. The first kappa shape index (κ1) is 15.1. The fraction of sp³-hybridized carbons (Fsp3) is 0.294. The van der Waals surface area contributed by atoms with E-state index in [1.165, 1.54) is 0 Å². The van der Waals surface area contributed by atoms with Crippen molar-refractivity contribution in [1.29, 1.82) is 0 Å². The number of nitrogens with one attached hydrogen (secondary N) is 1. The van der Waals surface area contributed by atoms with Gasteiger partial charge in [0, 0.05) is 17.7 Å². The largest absolute Gasteiger partial charge is 0.493 e. The fourth-order valence-corrected chi connectivity index (χ4v) is 2.87. The summed E-state index contributed by atoms with van der Waals surface area (Å²) in [5.74, 6) is 0.724. The maximum atomic E-state index is 12.3. The number of carbonyl (C=O) groups excluding carboxylic acids is 1. The third kappa shape index (κ3) is 2.67. The second-order valence-electron chi connectivity index (χ2n) is 5.40. The van der Waals surface area contributed by atoms with E-state index in [-0.39, 0.29) is 23.9 Å². The molecule has 2 heterocycles. The molecule has 0 saturated heterocycles. The number of hydrogen-bond acceptors (Lipinski definition) is 5. The van der Waals surface area contributed by atoms with Gasteiger partial charge in [-0.1, -0.05) is 6.07 Å². The molecule has 1 aliphatic rings. The molecule has 2 aromatic rings. The number of hydrogen-bond donors (Lipinski definition) is 1. The van der Waals surface area contributed by atoms with Crippen molar-refractivity contribution in [3.63, 3.8) is 0 Å². The third-order valence-corrected chi connectivity index (χ3v) is 3.92. The van der Waals surface area contributed by atoms with Gasteiger partial charge < -0.3 is 19.2 Å². The number of pyridine rings is 1. The van der Waals surface area contributed by atoms with E-state index in [0.29, 0.717) is 28.5 Å². The Bertz CT molecular complexity index is 824. The van der Waals surface area contributed by atoms with Gasteiger partial charge in [0.05, 0.1) is 26.2 Å². The minimum Gasteiger partial charge on any atom is -0.493 e.